The summed E-state index contributed by atoms with van der Waals surface area (Å²) < 4.78 is 1.13. The molecule has 3 rings (SSSR count). The average Bonchev–Trinajstić information content (AvgIpc) is 3.03. The number of carbonyl (C=O) groups is 2. The number of nitrogens with one attached hydrogen (secondary N) is 1. The Hall–Kier alpha value is -3.03. The maximum Gasteiger partial charge on any atom is 0.305 e. The van der Waals surface area contributed by atoms with Gasteiger partial charge in [-0.1, -0.05) is 47.5 Å². The summed E-state index contributed by atoms with van der Waals surface area (Å²) in [7, 11) is 0. The molecule has 0 aliphatic heterocycles. The fraction of sp³-hybridized carbons (Fsp3) is 0.105. The highest BCUT2D eigenvalue weighted by atomic mass is 35.5. The molecule has 3 N–H and O–H groups in total. The molecule has 0 saturated heterocycles. The zero-order valence-corrected chi connectivity index (χ0v) is 15.9. The van der Waals surface area contributed by atoms with Gasteiger partial charge in [-0.15, -0.1) is 0 Å². The van der Waals surface area contributed by atoms with Crippen molar-refractivity contribution in [2.24, 2.45) is 0 Å². The van der Waals surface area contributed by atoms with Crippen molar-refractivity contribution in [1.29, 1.82) is 0 Å². The lowest BCUT2D eigenvalue weighted by atomic mass is 10.0. The van der Waals surface area contributed by atoms with Gasteiger partial charge in [0.05, 0.1) is 23.2 Å². The molecule has 144 valence electrons. The molecule has 9 heteroatoms. The van der Waals surface area contributed by atoms with Crippen LogP contribution >= 0.6 is 23.2 Å². The second kappa shape index (κ2) is 8.33. The summed E-state index contributed by atoms with van der Waals surface area (Å²) in [5, 5.41) is 26.8. The molecular formula is C19H15Cl2N3O4. The number of benzene rings is 2. The van der Waals surface area contributed by atoms with Crippen LogP contribution in [0.1, 0.15) is 28.5 Å². The van der Waals surface area contributed by atoms with E-state index in [4.69, 9.17) is 28.3 Å². The van der Waals surface area contributed by atoms with Gasteiger partial charge in [-0.2, -0.15) is 9.78 Å². The van der Waals surface area contributed by atoms with Crippen LogP contribution < -0.4 is 5.32 Å². The van der Waals surface area contributed by atoms with Crippen LogP contribution in [0.25, 0.3) is 5.69 Å². The Morgan fingerprint density at radius 1 is 1.11 bits per heavy atom. The number of aliphatic carboxylic acids is 1. The van der Waals surface area contributed by atoms with Crippen molar-refractivity contribution in [2.75, 3.05) is 0 Å². The van der Waals surface area contributed by atoms with Crippen molar-refractivity contribution < 1.29 is 19.8 Å². The van der Waals surface area contributed by atoms with E-state index in [1.807, 2.05) is 0 Å². The predicted molar refractivity (Wildman–Crippen MR) is 104 cm³/mol. The van der Waals surface area contributed by atoms with E-state index in [-0.39, 0.29) is 18.0 Å². The quantitative estimate of drug-likeness (QED) is 0.562. The first-order chi connectivity index (χ1) is 13.3. The third-order valence-electron chi connectivity index (χ3n) is 3.94. The van der Waals surface area contributed by atoms with Gasteiger partial charge in [0.1, 0.15) is 0 Å². The molecule has 0 aliphatic carbocycles. The molecule has 0 aliphatic rings. The molecule has 1 heterocycles. The second-order valence-electron chi connectivity index (χ2n) is 5.93. The van der Waals surface area contributed by atoms with E-state index in [1.165, 1.54) is 6.07 Å². The van der Waals surface area contributed by atoms with E-state index in [9.17, 15) is 14.7 Å². The first kappa shape index (κ1) is 19.7. The highest BCUT2D eigenvalue weighted by molar-refractivity contribution is 6.32. The van der Waals surface area contributed by atoms with E-state index in [0.29, 0.717) is 21.3 Å². The summed E-state index contributed by atoms with van der Waals surface area (Å²) in [6, 6.07) is 13.6. The van der Waals surface area contributed by atoms with Gasteiger partial charge in [-0.25, -0.2) is 0 Å². The number of amides is 1. The lowest BCUT2D eigenvalue weighted by molar-refractivity contribution is -0.137. The number of halogens is 2. The van der Waals surface area contributed by atoms with Crippen molar-refractivity contribution >= 4 is 35.1 Å². The molecule has 3 aromatic rings. The molecule has 1 amide bonds. The van der Waals surface area contributed by atoms with E-state index >= 15 is 0 Å². The summed E-state index contributed by atoms with van der Waals surface area (Å²) in [6.45, 7) is 0. The molecule has 2 aromatic carbocycles. The SMILES string of the molecule is O=C(O)CC(NC(=O)c1cc(O)n(-c2ccccc2Cl)n1)c1cccc(Cl)c1. The van der Waals surface area contributed by atoms with E-state index < -0.39 is 17.9 Å². The van der Waals surface area contributed by atoms with Crippen molar-refractivity contribution in [2.45, 2.75) is 12.5 Å². The van der Waals surface area contributed by atoms with Crippen LogP contribution in [0.15, 0.2) is 54.6 Å². The van der Waals surface area contributed by atoms with Gasteiger partial charge >= 0.3 is 5.97 Å². The first-order valence-corrected chi connectivity index (χ1v) is 8.93. The molecule has 28 heavy (non-hydrogen) atoms. The predicted octanol–water partition coefficient (Wildman–Crippen LogP) is 3.83. The Labute approximate surface area is 170 Å². The molecular weight excluding hydrogens is 405 g/mol. The summed E-state index contributed by atoms with van der Waals surface area (Å²) >= 11 is 12.1. The lowest BCUT2D eigenvalue weighted by Crippen LogP contribution is -2.30. The van der Waals surface area contributed by atoms with E-state index in [2.05, 4.69) is 10.4 Å². The van der Waals surface area contributed by atoms with Gasteiger partial charge < -0.3 is 15.5 Å². The summed E-state index contributed by atoms with van der Waals surface area (Å²) in [4.78, 5) is 23.8. The molecule has 0 fully saturated rings. The molecule has 0 radical (unpaired) electrons. The summed E-state index contributed by atoms with van der Waals surface area (Å²) in [5.41, 5.74) is 0.852. The molecule has 7 nitrogen and oxygen atoms in total. The van der Waals surface area contributed by atoms with Crippen molar-refractivity contribution in [3.8, 4) is 11.6 Å². The third-order valence-corrected chi connectivity index (χ3v) is 4.49. The second-order valence-corrected chi connectivity index (χ2v) is 6.77. The highest BCUT2D eigenvalue weighted by Gasteiger charge is 2.22. The smallest absolute Gasteiger partial charge is 0.305 e. The number of nitrogens with zero attached hydrogens (tertiary/aromatic N) is 2. The number of hydrogen-bond donors (Lipinski definition) is 3. The van der Waals surface area contributed by atoms with Gasteiger partial charge in [-0.3, -0.25) is 9.59 Å². The monoisotopic (exact) mass is 419 g/mol. The Kier molecular flexibility index (Phi) is 5.87. The Morgan fingerprint density at radius 2 is 1.86 bits per heavy atom. The Balaban J connectivity index is 1.87. The first-order valence-electron chi connectivity index (χ1n) is 8.17. The number of hydrogen-bond acceptors (Lipinski definition) is 4. The highest BCUT2D eigenvalue weighted by Crippen LogP contribution is 2.25. The maximum atomic E-state index is 12.6. The molecule has 0 saturated carbocycles. The fourth-order valence-electron chi connectivity index (χ4n) is 2.67. The minimum Gasteiger partial charge on any atom is -0.493 e. The van der Waals surface area contributed by atoms with E-state index in [1.54, 1.807) is 48.5 Å². The zero-order chi connectivity index (χ0) is 20.3. The van der Waals surface area contributed by atoms with Gasteiger partial charge in [-0.05, 0) is 29.8 Å². The minimum atomic E-state index is -1.09. The number of rotatable bonds is 6. The summed E-state index contributed by atoms with van der Waals surface area (Å²) in [6.07, 6.45) is -0.344. The van der Waals surface area contributed by atoms with Crippen LogP contribution in [0.4, 0.5) is 0 Å². The number of aromatic hydroxyl groups is 1. The van der Waals surface area contributed by atoms with Gasteiger partial charge in [0.15, 0.2) is 5.69 Å². The number of carboxylic acid groups (broad SMARTS) is 1. The van der Waals surface area contributed by atoms with Crippen LogP contribution in [0.3, 0.4) is 0 Å². The normalized spacial score (nSPS) is 11.8. The molecule has 0 bridgehead atoms. The number of carbonyl (C=O) groups excluding carboxylic acids is 1. The number of carboxylic acids is 1. The number of aromatic nitrogens is 2. The molecule has 1 aromatic heterocycles. The van der Waals surface area contributed by atoms with Gasteiger partial charge in [0.25, 0.3) is 5.91 Å². The van der Waals surface area contributed by atoms with Crippen molar-refractivity contribution in [1.82, 2.24) is 15.1 Å². The lowest BCUT2D eigenvalue weighted by Gasteiger charge is -2.17. The van der Waals surface area contributed by atoms with Crippen molar-refractivity contribution in [3.63, 3.8) is 0 Å². The van der Waals surface area contributed by atoms with Crippen LogP contribution in [0.5, 0.6) is 5.88 Å². The van der Waals surface area contributed by atoms with Crippen LogP contribution in [0, 0.1) is 0 Å². The van der Waals surface area contributed by atoms with Crippen LogP contribution in [0.2, 0.25) is 10.0 Å². The summed E-state index contributed by atoms with van der Waals surface area (Å²) in [5.74, 6) is -2.02. The molecule has 1 atom stereocenters. The molecule has 1 unspecified atom stereocenters. The van der Waals surface area contributed by atoms with Gasteiger partial charge in [0, 0.05) is 11.1 Å². The zero-order valence-electron chi connectivity index (χ0n) is 14.3. The average molecular weight is 420 g/mol. The fourth-order valence-corrected chi connectivity index (χ4v) is 3.08. The van der Waals surface area contributed by atoms with Crippen LogP contribution in [-0.2, 0) is 4.79 Å². The number of para-hydroxylation sites is 1. The molecule has 0 spiro atoms. The topological polar surface area (TPSA) is 104 Å². The van der Waals surface area contributed by atoms with Crippen LogP contribution in [-0.4, -0.2) is 31.9 Å². The minimum absolute atomic E-state index is 0.0881. The third kappa shape index (κ3) is 4.44. The Morgan fingerprint density at radius 3 is 2.54 bits per heavy atom. The Bertz CT molecular complexity index is 1040. The largest absolute Gasteiger partial charge is 0.493 e. The van der Waals surface area contributed by atoms with E-state index in [0.717, 1.165) is 4.68 Å². The van der Waals surface area contributed by atoms with Gasteiger partial charge in [0.2, 0.25) is 5.88 Å². The maximum absolute atomic E-state index is 12.6. The van der Waals surface area contributed by atoms with Crippen molar-refractivity contribution in [3.05, 3.63) is 75.9 Å². The standard InChI is InChI=1S/C19H15Cl2N3O4/c20-12-5-3-4-11(8-12)14(10-18(26)27)22-19(28)15-9-17(25)24(23-15)16-7-2-1-6-13(16)21/h1-9,14,25H,10H2,(H,22,28)(H,26,27).